The molecule has 1 aromatic rings. The van der Waals surface area contributed by atoms with Crippen LogP contribution in [0.3, 0.4) is 0 Å². The van der Waals surface area contributed by atoms with Gasteiger partial charge in [0.1, 0.15) is 0 Å². The maximum absolute atomic E-state index is 11.6. The first-order chi connectivity index (χ1) is 6.99. The molecule has 0 saturated heterocycles. The van der Waals surface area contributed by atoms with E-state index in [9.17, 15) is 4.79 Å². The van der Waals surface area contributed by atoms with E-state index in [0.717, 1.165) is 10.0 Å². The molecular formula is C11H11BrClNO. The van der Waals surface area contributed by atoms with Gasteiger partial charge in [-0.25, -0.2) is 0 Å². The summed E-state index contributed by atoms with van der Waals surface area (Å²) in [5, 5.41) is 3.28. The molecule has 0 radical (unpaired) electrons. The number of benzene rings is 1. The van der Waals surface area contributed by atoms with Gasteiger partial charge >= 0.3 is 0 Å². The molecule has 80 valence electrons. The van der Waals surface area contributed by atoms with Gasteiger partial charge in [-0.05, 0) is 30.7 Å². The summed E-state index contributed by atoms with van der Waals surface area (Å²) in [7, 11) is 0. The fraction of sp³-hybridized carbons (Fsp3) is 0.182. The SMILES string of the molecule is C=C(Br)CNC(=O)c1cc(C)cc(Cl)c1. The fourth-order valence-electron chi connectivity index (χ4n) is 1.15. The summed E-state index contributed by atoms with van der Waals surface area (Å²) in [5.41, 5.74) is 1.53. The summed E-state index contributed by atoms with van der Waals surface area (Å²) in [5.74, 6) is -0.152. The van der Waals surface area contributed by atoms with Crippen molar-refractivity contribution >= 4 is 33.4 Å². The highest BCUT2D eigenvalue weighted by molar-refractivity contribution is 9.11. The number of amides is 1. The third-order valence-electron chi connectivity index (χ3n) is 1.75. The number of hydrogen-bond donors (Lipinski definition) is 1. The Kier molecular flexibility index (Phi) is 4.36. The average molecular weight is 289 g/mol. The fourth-order valence-corrected chi connectivity index (χ4v) is 1.58. The summed E-state index contributed by atoms with van der Waals surface area (Å²) in [6.45, 7) is 5.93. The van der Waals surface area contributed by atoms with Crippen LogP contribution >= 0.6 is 27.5 Å². The number of nitrogens with one attached hydrogen (secondary N) is 1. The first kappa shape index (κ1) is 12.3. The zero-order chi connectivity index (χ0) is 11.4. The summed E-state index contributed by atoms with van der Waals surface area (Å²) in [6, 6.07) is 5.24. The van der Waals surface area contributed by atoms with E-state index in [1.165, 1.54) is 0 Å². The average Bonchev–Trinajstić information content (AvgIpc) is 2.12. The van der Waals surface area contributed by atoms with Gasteiger partial charge in [-0.15, -0.1) is 0 Å². The van der Waals surface area contributed by atoms with Crippen LogP contribution in [-0.2, 0) is 0 Å². The standard InChI is InChI=1S/C11H11BrClNO/c1-7-3-9(5-10(13)4-7)11(15)14-6-8(2)12/h3-5H,2,6H2,1H3,(H,14,15). The maximum Gasteiger partial charge on any atom is 0.251 e. The van der Waals surface area contributed by atoms with Crippen molar-refractivity contribution in [3.8, 4) is 0 Å². The Hall–Kier alpha value is -0.800. The molecule has 0 fully saturated rings. The van der Waals surface area contributed by atoms with E-state index >= 15 is 0 Å². The van der Waals surface area contributed by atoms with Crippen LogP contribution in [0.25, 0.3) is 0 Å². The van der Waals surface area contributed by atoms with E-state index in [1.807, 2.05) is 13.0 Å². The van der Waals surface area contributed by atoms with E-state index < -0.39 is 0 Å². The highest BCUT2D eigenvalue weighted by atomic mass is 79.9. The van der Waals surface area contributed by atoms with Gasteiger partial charge in [0, 0.05) is 21.6 Å². The molecule has 0 heterocycles. The maximum atomic E-state index is 11.6. The van der Waals surface area contributed by atoms with E-state index in [1.54, 1.807) is 12.1 Å². The molecule has 1 rings (SSSR count). The van der Waals surface area contributed by atoms with Crippen LogP contribution in [0.2, 0.25) is 5.02 Å². The van der Waals surface area contributed by atoms with Gasteiger partial charge in [0.05, 0.1) is 0 Å². The van der Waals surface area contributed by atoms with Crippen molar-refractivity contribution in [2.45, 2.75) is 6.92 Å². The zero-order valence-electron chi connectivity index (χ0n) is 8.31. The second kappa shape index (κ2) is 5.33. The number of carbonyl (C=O) groups is 1. The Morgan fingerprint density at radius 3 is 2.73 bits per heavy atom. The van der Waals surface area contributed by atoms with E-state index in [4.69, 9.17) is 11.6 Å². The lowest BCUT2D eigenvalue weighted by Crippen LogP contribution is -2.24. The number of hydrogen-bond acceptors (Lipinski definition) is 1. The lowest BCUT2D eigenvalue weighted by Gasteiger charge is -2.05. The normalized spacial score (nSPS) is 9.80. The van der Waals surface area contributed by atoms with E-state index in [0.29, 0.717) is 17.1 Å². The van der Waals surface area contributed by atoms with Crippen molar-refractivity contribution < 1.29 is 4.79 Å². The molecule has 2 nitrogen and oxygen atoms in total. The number of halogens is 2. The van der Waals surface area contributed by atoms with Gasteiger partial charge in [0.2, 0.25) is 0 Å². The summed E-state index contributed by atoms with van der Waals surface area (Å²) in [4.78, 5) is 11.6. The van der Waals surface area contributed by atoms with Crippen LogP contribution in [0.5, 0.6) is 0 Å². The zero-order valence-corrected chi connectivity index (χ0v) is 10.7. The van der Waals surface area contributed by atoms with Crippen molar-refractivity contribution in [1.29, 1.82) is 0 Å². The first-order valence-electron chi connectivity index (χ1n) is 4.37. The molecule has 0 aliphatic rings. The predicted molar refractivity (Wildman–Crippen MR) is 66.6 cm³/mol. The Labute approximate surface area is 102 Å². The minimum Gasteiger partial charge on any atom is -0.347 e. The molecule has 4 heteroatoms. The lowest BCUT2D eigenvalue weighted by molar-refractivity contribution is 0.0957. The van der Waals surface area contributed by atoms with Crippen LogP contribution in [0.1, 0.15) is 15.9 Å². The summed E-state index contributed by atoms with van der Waals surface area (Å²) < 4.78 is 0.731. The van der Waals surface area contributed by atoms with Gasteiger partial charge in [0.25, 0.3) is 5.91 Å². The smallest absolute Gasteiger partial charge is 0.251 e. The highest BCUT2D eigenvalue weighted by Crippen LogP contribution is 2.14. The van der Waals surface area contributed by atoms with Crippen molar-refractivity contribution in [2.24, 2.45) is 0 Å². The highest BCUT2D eigenvalue weighted by Gasteiger charge is 2.06. The molecule has 0 aliphatic carbocycles. The third-order valence-corrected chi connectivity index (χ3v) is 2.24. The molecule has 0 atom stereocenters. The molecule has 1 N–H and O–H groups in total. The minimum absolute atomic E-state index is 0.152. The van der Waals surface area contributed by atoms with Gasteiger partial charge in [-0.3, -0.25) is 4.79 Å². The molecule has 1 amide bonds. The quantitative estimate of drug-likeness (QED) is 0.908. The van der Waals surface area contributed by atoms with Gasteiger partial charge in [0.15, 0.2) is 0 Å². The molecular weight excluding hydrogens is 277 g/mol. The third kappa shape index (κ3) is 4.06. The second-order valence-corrected chi connectivity index (χ2v) is 4.78. The summed E-state index contributed by atoms with van der Waals surface area (Å²) >= 11 is 9.02. The predicted octanol–water partition coefficient (Wildman–Crippen LogP) is 3.29. The van der Waals surface area contributed by atoms with Crippen LogP contribution in [0, 0.1) is 6.92 Å². The number of carbonyl (C=O) groups excluding carboxylic acids is 1. The molecule has 0 unspecified atom stereocenters. The molecule has 0 aromatic heterocycles. The van der Waals surface area contributed by atoms with Gasteiger partial charge in [-0.1, -0.05) is 34.1 Å². The van der Waals surface area contributed by atoms with Crippen LogP contribution in [0.15, 0.2) is 29.3 Å². The van der Waals surface area contributed by atoms with Crippen molar-refractivity contribution in [3.05, 3.63) is 45.4 Å². The number of rotatable bonds is 3. The topological polar surface area (TPSA) is 29.1 Å². The minimum atomic E-state index is -0.152. The molecule has 0 saturated carbocycles. The Morgan fingerprint density at radius 2 is 2.20 bits per heavy atom. The van der Waals surface area contributed by atoms with Crippen LogP contribution < -0.4 is 5.32 Å². The van der Waals surface area contributed by atoms with E-state index in [-0.39, 0.29) is 5.91 Å². The second-order valence-electron chi connectivity index (χ2n) is 3.22. The molecule has 1 aromatic carbocycles. The van der Waals surface area contributed by atoms with Crippen LogP contribution in [0.4, 0.5) is 0 Å². The molecule has 0 aliphatic heterocycles. The Balaban J connectivity index is 2.77. The Bertz CT molecular complexity index is 383. The largest absolute Gasteiger partial charge is 0.347 e. The monoisotopic (exact) mass is 287 g/mol. The van der Waals surface area contributed by atoms with Gasteiger partial charge in [-0.2, -0.15) is 0 Å². The van der Waals surface area contributed by atoms with Crippen molar-refractivity contribution in [3.63, 3.8) is 0 Å². The molecule has 15 heavy (non-hydrogen) atoms. The van der Waals surface area contributed by atoms with E-state index in [2.05, 4.69) is 27.8 Å². The van der Waals surface area contributed by atoms with Crippen LogP contribution in [-0.4, -0.2) is 12.5 Å². The lowest BCUT2D eigenvalue weighted by atomic mass is 10.1. The Morgan fingerprint density at radius 1 is 1.53 bits per heavy atom. The summed E-state index contributed by atoms with van der Waals surface area (Å²) in [6.07, 6.45) is 0. The number of aryl methyl sites for hydroxylation is 1. The van der Waals surface area contributed by atoms with Crippen molar-refractivity contribution in [2.75, 3.05) is 6.54 Å². The molecule has 0 bridgehead atoms. The van der Waals surface area contributed by atoms with Crippen molar-refractivity contribution in [1.82, 2.24) is 5.32 Å². The first-order valence-corrected chi connectivity index (χ1v) is 5.55. The van der Waals surface area contributed by atoms with Gasteiger partial charge < -0.3 is 5.32 Å². The molecule has 0 spiro atoms.